The predicted octanol–water partition coefficient (Wildman–Crippen LogP) is 3.70. The zero-order valence-corrected chi connectivity index (χ0v) is 16.6. The van der Waals surface area contributed by atoms with Crippen molar-refractivity contribution in [1.29, 1.82) is 0 Å². The van der Waals surface area contributed by atoms with Crippen LogP contribution in [0.25, 0.3) is 0 Å². The molecule has 0 aromatic carbocycles. The molecular formula is C20H32O6. The Labute approximate surface area is 156 Å². The van der Waals surface area contributed by atoms with Gasteiger partial charge in [-0.05, 0) is 52.5 Å². The monoisotopic (exact) mass is 368 g/mol. The second-order valence-electron chi connectivity index (χ2n) is 6.65. The van der Waals surface area contributed by atoms with Gasteiger partial charge in [-0.3, -0.25) is 0 Å². The highest BCUT2D eigenvalue weighted by Gasteiger charge is 2.46. The van der Waals surface area contributed by atoms with Gasteiger partial charge in [-0.25, -0.2) is 9.59 Å². The van der Waals surface area contributed by atoms with E-state index >= 15 is 0 Å². The zero-order valence-electron chi connectivity index (χ0n) is 16.6. The third-order valence-corrected chi connectivity index (χ3v) is 3.71. The highest BCUT2D eigenvalue weighted by molar-refractivity contribution is 5.86. The van der Waals surface area contributed by atoms with Crippen LogP contribution in [0.2, 0.25) is 0 Å². The molecule has 0 aromatic rings. The summed E-state index contributed by atoms with van der Waals surface area (Å²) >= 11 is 0. The first kappa shape index (κ1) is 22.4. The van der Waals surface area contributed by atoms with E-state index in [0.29, 0.717) is 12.8 Å². The molecular weight excluding hydrogens is 336 g/mol. The van der Waals surface area contributed by atoms with Gasteiger partial charge in [0.15, 0.2) is 18.5 Å². The van der Waals surface area contributed by atoms with Crippen LogP contribution >= 0.6 is 0 Å². The maximum atomic E-state index is 12.2. The van der Waals surface area contributed by atoms with Gasteiger partial charge in [0.1, 0.15) is 0 Å². The third kappa shape index (κ3) is 7.70. The molecule has 1 heterocycles. The maximum Gasteiger partial charge on any atom is 0.338 e. The highest BCUT2D eigenvalue weighted by Crippen LogP contribution is 2.24. The summed E-state index contributed by atoms with van der Waals surface area (Å²) in [4.78, 5) is 24.4. The molecule has 1 aliphatic rings. The summed E-state index contributed by atoms with van der Waals surface area (Å²) in [7, 11) is 0. The Bertz CT molecular complexity index is 490. The molecule has 2 unspecified atom stereocenters. The van der Waals surface area contributed by atoms with Gasteiger partial charge in [-0.2, -0.15) is 0 Å². The Hall–Kier alpha value is -1.66. The summed E-state index contributed by atoms with van der Waals surface area (Å²) in [6, 6.07) is 0. The molecule has 6 heteroatoms. The van der Waals surface area contributed by atoms with Crippen molar-refractivity contribution >= 4 is 11.9 Å². The molecule has 1 fully saturated rings. The molecule has 1 saturated heterocycles. The Morgan fingerprint density at radius 3 is 1.85 bits per heavy atom. The van der Waals surface area contributed by atoms with Crippen LogP contribution in [0.4, 0.5) is 0 Å². The average molecular weight is 368 g/mol. The van der Waals surface area contributed by atoms with Crippen LogP contribution in [-0.4, -0.2) is 43.7 Å². The lowest BCUT2D eigenvalue weighted by molar-refractivity contribution is -0.163. The summed E-state index contributed by atoms with van der Waals surface area (Å²) in [5, 5.41) is 0. The van der Waals surface area contributed by atoms with Crippen molar-refractivity contribution in [2.75, 3.05) is 13.2 Å². The molecule has 6 nitrogen and oxygen atoms in total. The van der Waals surface area contributed by atoms with Gasteiger partial charge in [0.2, 0.25) is 0 Å². The largest absolute Gasteiger partial charge is 0.464 e. The van der Waals surface area contributed by atoms with Crippen molar-refractivity contribution in [2.24, 2.45) is 0 Å². The van der Waals surface area contributed by atoms with E-state index in [1.807, 2.05) is 20.8 Å². The van der Waals surface area contributed by atoms with Crippen LogP contribution in [0.15, 0.2) is 23.3 Å². The number of ether oxygens (including phenoxy) is 4. The van der Waals surface area contributed by atoms with E-state index < -0.39 is 30.4 Å². The van der Waals surface area contributed by atoms with E-state index in [2.05, 4.69) is 19.9 Å². The minimum absolute atomic E-state index is 0.275. The lowest BCUT2D eigenvalue weighted by atomic mass is 10.1. The van der Waals surface area contributed by atoms with Gasteiger partial charge in [-0.1, -0.05) is 31.1 Å². The lowest BCUT2D eigenvalue weighted by Crippen LogP contribution is -2.39. The van der Waals surface area contributed by atoms with Crippen molar-refractivity contribution in [2.45, 2.75) is 78.8 Å². The average Bonchev–Trinajstić information content (AvgIpc) is 3.01. The second kappa shape index (κ2) is 11.9. The van der Waals surface area contributed by atoms with E-state index in [1.165, 1.54) is 5.57 Å². The molecule has 26 heavy (non-hydrogen) atoms. The normalized spacial score (nSPS) is 22.8. The molecule has 0 aromatic heterocycles. The summed E-state index contributed by atoms with van der Waals surface area (Å²) in [5.74, 6) is -1.19. The van der Waals surface area contributed by atoms with E-state index in [0.717, 1.165) is 18.4 Å². The Kier molecular flexibility index (Phi) is 10.2. The van der Waals surface area contributed by atoms with Gasteiger partial charge in [0.25, 0.3) is 0 Å². The Morgan fingerprint density at radius 1 is 0.923 bits per heavy atom. The molecule has 148 valence electrons. The highest BCUT2D eigenvalue weighted by atomic mass is 16.8. The minimum Gasteiger partial charge on any atom is -0.464 e. The quantitative estimate of drug-likeness (QED) is 0.432. The SMILES string of the molecule is CCCOC(=O)C1OC(C=C(C)CCC=C(C)C)OC1C(=O)OCCC. The molecule has 2 atom stereocenters. The van der Waals surface area contributed by atoms with Crippen molar-refractivity contribution in [3.05, 3.63) is 23.3 Å². The standard InChI is InChI=1S/C20H32O6/c1-6-11-23-19(21)17-18(20(22)24-12-7-2)26-16(25-17)13-15(5)10-8-9-14(3)4/h9,13,16-18H,6-8,10-12H2,1-5H3. The molecule has 0 spiro atoms. The zero-order chi connectivity index (χ0) is 19.5. The van der Waals surface area contributed by atoms with Gasteiger partial charge < -0.3 is 18.9 Å². The third-order valence-electron chi connectivity index (χ3n) is 3.71. The number of carbonyl (C=O) groups is 2. The predicted molar refractivity (Wildman–Crippen MR) is 98.5 cm³/mol. The first-order chi connectivity index (χ1) is 12.4. The molecule has 1 aliphatic heterocycles. The van der Waals surface area contributed by atoms with Crippen molar-refractivity contribution in [3.63, 3.8) is 0 Å². The van der Waals surface area contributed by atoms with Crippen LogP contribution in [0.5, 0.6) is 0 Å². The smallest absolute Gasteiger partial charge is 0.338 e. The molecule has 0 bridgehead atoms. The molecule has 0 aliphatic carbocycles. The summed E-state index contributed by atoms with van der Waals surface area (Å²) in [6.45, 7) is 10.4. The fourth-order valence-electron chi connectivity index (χ4n) is 2.37. The van der Waals surface area contributed by atoms with Gasteiger partial charge in [0.05, 0.1) is 13.2 Å². The number of carbonyl (C=O) groups excluding carboxylic acids is 2. The molecule has 0 N–H and O–H groups in total. The molecule has 0 amide bonds. The summed E-state index contributed by atoms with van der Waals surface area (Å²) < 4.78 is 21.5. The first-order valence-electron chi connectivity index (χ1n) is 9.33. The van der Waals surface area contributed by atoms with E-state index in [-0.39, 0.29) is 13.2 Å². The Balaban J connectivity index is 2.76. The van der Waals surface area contributed by atoms with Gasteiger partial charge in [0, 0.05) is 0 Å². The van der Waals surface area contributed by atoms with Crippen molar-refractivity contribution in [1.82, 2.24) is 0 Å². The summed E-state index contributed by atoms with van der Waals surface area (Å²) in [5.41, 5.74) is 2.33. The van der Waals surface area contributed by atoms with E-state index in [1.54, 1.807) is 6.08 Å². The fourth-order valence-corrected chi connectivity index (χ4v) is 2.37. The number of hydrogen-bond donors (Lipinski definition) is 0. The van der Waals surface area contributed by atoms with Crippen molar-refractivity contribution < 1.29 is 28.5 Å². The minimum atomic E-state index is -1.10. The van der Waals surface area contributed by atoms with Crippen LogP contribution in [0.3, 0.4) is 0 Å². The maximum absolute atomic E-state index is 12.2. The van der Waals surface area contributed by atoms with Gasteiger partial charge in [-0.15, -0.1) is 0 Å². The molecule has 0 radical (unpaired) electrons. The van der Waals surface area contributed by atoms with Crippen LogP contribution in [-0.2, 0) is 28.5 Å². The van der Waals surface area contributed by atoms with Crippen LogP contribution in [0.1, 0.15) is 60.3 Å². The van der Waals surface area contributed by atoms with E-state index in [4.69, 9.17) is 18.9 Å². The fraction of sp³-hybridized carbons (Fsp3) is 0.700. The number of allylic oxidation sites excluding steroid dienone is 3. The number of rotatable bonds is 10. The van der Waals surface area contributed by atoms with Crippen LogP contribution in [0, 0.1) is 0 Å². The lowest BCUT2D eigenvalue weighted by Gasteiger charge is -2.14. The first-order valence-corrected chi connectivity index (χ1v) is 9.33. The topological polar surface area (TPSA) is 71.1 Å². The second-order valence-corrected chi connectivity index (χ2v) is 6.65. The van der Waals surface area contributed by atoms with E-state index in [9.17, 15) is 9.59 Å². The number of esters is 2. The summed E-state index contributed by atoms with van der Waals surface area (Å²) in [6.07, 6.45) is 4.14. The number of hydrogen-bond acceptors (Lipinski definition) is 6. The van der Waals surface area contributed by atoms with Gasteiger partial charge >= 0.3 is 11.9 Å². The molecule has 1 rings (SSSR count). The van der Waals surface area contributed by atoms with Crippen molar-refractivity contribution in [3.8, 4) is 0 Å². The van der Waals surface area contributed by atoms with Crippen LogP contribution < -0.4 is 0 Å². The Morgan fingerprint density at radius 2 is 1.42 bits per heavy atom. The molecule has 0 saturated carbocycles.